The molecule has 2 aromatic heterocycles. The molecule has 1 amide bonds. The van der Waals surface area contributed by atoms with Crippen LogP contribution in [-0.4, -0.2) is 25.9 Å². The zero-order valence-electron chi connectivity index (χ0n) is 17.5. The number of thioether (sulfide) groups is 1. The predicted octanol–water partition coefficient (Wildman–Crippen LogP) is 5.83. The number of nitrogens with one attached hydrogen (secondary N) is 1. The van der Waals surface area contributed by atoms with Crippen molar-refractivity contribution in [3.63, 3.8) is 0 Å². The molecular weight excluding hydrogens is 481 g/mol. The van der Waals surface area contributed by atoms with Gasteiger partial charge in [0.15, 0.2) is 4.34 Å². The third-order valence-corrected chi connectivity index (χ3v) is 7.05. The maximum absolute atomic E-state index is 13.7. The number of hydrogen-bond acceptors (Lipinski definition) is 6. The van der Waals surface area contributed by atoms with Crippen LogP contribution in [0.4, 0.5) is 9.52 Å². The molecule has 2 heterocycles. The molecule has 0 spiro atoms. The number of aryl methyl sites for hydroxylation is 1. The second-order valence-electron chi connectivity index (χ2n) is 7.01. The first-order chi connectivity index (χ1) is 16.0. The van der Waals surface area contributed by atoms with E-state index in [2.05, 4.69) is 20.6 Å². The Kier molecular flexibility index (Phi) is 7.54. The highest BCUT2D eigenvalue weighted by Crippen LogP contribution is 2.29. The van der Waals surface area contributed by atoms with Crippen molar-refractivity contribution in [2.24, 2.45) is 0 Å². The van der Waals surface area contributed by atoms with Gasteiger partial charge in [-0.05, 0) is 30.2 Å². The topological polar surface area (TPSA) is 72.7 Å². The molecule has 0 unspecified atom stereocenters. The molecule has 4 rings (SSSR count). The zero-order chi connectivity index (χ0) is 23.2. The van der Waals surface area contributed by atoms with Gasteiger partial charge in [0.25, 0.3) is 0 Å². The fourth-order valence-electron chi connectivity index (χ4n) is 3.00. The van der Waals surface area contributed by atoms with Crippen LogP contribution in [0, 0.1) is 12.7 Å². The Morgan fingerprint density at radius 3 is 2.73 bits per heavy atom. The van der Waals surface area contributed by atoms with Gasteiger partial charge in [-0.3, -0.25) is 10.1 Å². The van der Waals surface area contributed by atoms with Crippen LogP contribution in [0.3, 0.4) is 0 Å². The Labute approximate surface area is 203 Å². The van der Waals surface area contributed by atoms with Crippen LogP contribution in [0.1, 0.15) is 22.4 Å². The molecule has 0 aliphatic carbocycles. The maximum Gasteiger partial charge on any atom is 0.250 e. The molecular formula is C23H19ClFN5OS2. The van der Waals surface area contributed by atoms with Gasteiger partial charge in [-0.15, -0.1) is 10.2 Å². The minimum atomic E-state index is -0.358. The summed E-state index contributed by atoms with van der Waals surface area (Å²) in [5.74, 6) is -0.183. The Morgan fingerprint density at radius 1 is 1.18 bits per heavy atom. The Balaban J connectivity index is 1.35. The Bertz CT molecular complexity index is 1290. The van der Waals surface area contributed by atoms with Crippen LogP contribution >= 0.6 is 34.7 Å². The SMILES string of the molecule is Cc1nn(Cc2ccccc2)c(Cl)c1/C=C/C(=O)Nc1nnc(SCc2ccccc2F)s1. The summed E-state index contributed by atoms with van der Waals surface area (Å²) in [4.78, 5) is 12.4. The molecule has 0 aliphatic rings. The number of hydrogen-bond donors (Lipinski definition) is 1. The van der Waals surface area contributed by atoms with Gasteiger partial charge >= 0.3 is 0 Å². The van der Waals surface area contributed by atoms with Gasteiger partial charge in [0.05, 0.1) is 12.2 Å². The summed E-state index contributed by atoms with van der Waals surface area (Å²) in [6.07, 6.45) is 3.02. The van der Waals surface area contributed by atoms with Crippen molar-refractivity contribution in [3.05, 3.63) is 94.0 Å². The van der Waals surface area contributed by atoms with E-state index in [1.807, 2.05) is 37.3 Å². The lowest BCUT2D eigenvalue weighted by Crippen LogP contribution is -2.07. The second-order valence-corrected chi connectivity index (χ2v) is 9.57. The van der Waals surface area contributed by atoms with E-state index in [1.54, 1.807) is 29.0 Å². The Morgan fingerprint density at radius 2 is 1.94 bits per heavy atom. The summed E-state index contributed by atoms with van der Waals surface area (Å²) >= 11 is 9.08. The molecule has 2 aromatic carbocycles. The molecule has 6 nitrogen and oxygen atoms in total. The number of rotatable bonds is 8. The van der Waals surface area contributed by atoms with Crippen molar-refractivity contribution in [2.45, 2.75) is 23.6 Å². The molecule has 0 atom stereocenters. The summed E-state index contributed by atoms with van der Waals surface area (Å²) in [6, 6.07) is 16.5. The lowest BCUT2D eigenvalue weighted by atomic mass is 10.2. The number of carbonyl (C=O) groups excluding carboxylic acids is 1. The van der Waals surface area contributed by atoms with E-state index in [0.717, 1.165) is 11.3 Å². The summed E-state index contributed by atoms with van der Waals surface area (Å²) in [6.45, 7) is 2.38. The van der Waals surface area contributed by atoms with Gasteiger partial charge in [0.1, 0.15) is 11.0 Å². The number of halogens is 2. The van der Waals surface area contributed by atoms with E-state index in [9.17, 15) is 9.18 Å². The van der Waals surface area contributed by atoms with Gasteiger partial charge < -0.3 is 0 Å². The second kappa shape index (κ2) is 10.7. The van der Waals surface area contributed by atoms with Crippen molar-refractivity contribution in [2.75, 3.05) is 5.32 Å². The monoisotopic (exact) mass is 499 g/mol. The number of aromatic nitrogens is 4. The molecule has 0 aliphatic heterocycles. The average Bonchev–Trinajstić information content (AvgIpc) is 3.36. The van der Waals surface area contributed by atoms with E-state index in [4.69, 9.17) is 11.6 Å². The van der Waals surface area contributed by atoms with Crippen LogP contribution in [0.2, 0.25) is 5.15 Å². The van der Waals surface area contributed by atoms with Crippen LogP contribution < -0.4 is 5.32 Å². The number of anilines is 1. The van der Waals surface area contributed by atoms with Crippen molar-refractivity contribution >= 4 is 51.8 Å². The van der Waals surface area contributed by atoms with Crippen LogP contribution in [0.5, 0.6) is 0 Å². The molecule has 33 heavy (non-hydrogen) atoms. The van der Waals surface area contributed by atoms with E-state index in [0.29, 0.717) is 38.0 Å². The minimum Gasteiger partial charge on any atom is -0.297 e. The van der Waals surface area contributed by atoms with Gasteiger partial charge in [-0.25, -0.2) is 9.07 Å². The predicted molar refractivity (Wildman–Crippen MR) is 131 cm³/mol. The number of nitrogens with zero attached hydrogens (tertiary/aromatic N) is 4. The first-order valence-electron chi connectivity index (χ1n) is 9.95. The first kappa shape index (κ1) is 23.2. The standard InChI is InChI=1S/C23H19ClFN5OS2/c1-15-18(21(24)30(29-15)13-16-7-3-2-4-8-16)11-12-20(31)26-22-27-28-23(33-22)32-14-17-9-5-6-10-19(17)25/h2-12H,13-14H2,1H3,(H,26,27,31)/b12-11+. The van der Waals surface area contributed by atoms with Crippen molar-refractivity contribution < 1.29 is 9.18 Å². The highest BCUT2D eigenvalue weighted by atomic mass is 35.5. The quantitative estimate of drug-likeness (QED) is 0.188. The number of carbonyl (C=O) groups is 1. The fourth-order valence-corrected chi connectivity index (χ4v) is 5.04. The molecule has 1 N–H and O–H groups in total. The highest BCUT2D eigenvalue weighted by molar-refractivity contribution is 8.00. The first-order valence-corrected chi connectivity index (χ1v) is 12.1. The fraction of sp³-hybridized carbons (Fsp3) is 0.130. The number of benzene rings is 2. The molecule has 10 heteroatoms. The third-order valence-electron chi connectivity index (χ3n) is 4.63. The summed E-state index contributed by atoms with van der Waals surface area (Å²) < 4.78 is 16.1. The summed E-state index contributed by atoms with van der Waals surface area (Å²) in [5.41, 5.74) is 3.07. The van der Waals surface area contributed by atoms with Crippen LogP contribution in [0.25, 0.3) is 6.08 Å². The van der Waals surface area contributed by atoms with E-state index >= 15 is 0 Å². The molecule has 168 valence electrons. The largest absolute Gasteiger partial charge is 0.297 e. The third kappa shape index (κ3) is 6.07. The van der Waals surface area contributed by atoms with Gasteiger partial charge in [0.2, 0.25) is 11.0 Å². The molecule has 0 bridgehead atoms. The molecule has 0 fully saturated rings. The average molecular weight is 500 g/mol. The minimum absolute atomic E-state index is 0.255. The molecule has 0 saturated carbocycles. The lowest BCUT2D eigenvalue weighted by Gasteiger charge is -2.03. The lowest BCUT2D eigenvalue weighted by molar-refractivity contribution is -0.111. The molecule has 0 radical (unpaired) electrons. The van der Waals surface area contributed by atoms with Gasteiger partial charge in [-0.1, -0.05) is 83.2 Å². The van der Waals surface area contributed by atoms with Gasteiger partial charge in [-0.2, -0.15) is 5.10 Å². The number of amides is 1. The van der Waals surface area contributed by atoms with E-state index in [1.165, 1.54) is 35.2 Å². The molecule has 0 saturated heterocycles. The van der Waals surface area contributed by atoms with Gasteiger partial charge in [0, 0.05) is 17.4 Å². The van der Waals surface area contributed by atoms with Crippen LogP contribution in [-0.2, 0) is 17.1 Å². The normalized spacial score (nSPS) is 11.2. The van der Waals surface area contributed by atoms with Crippen LogP contribution in [0.15, 0.2) is 65.0 Å². The zero-order valence-corrected chi connectivity index (χ0v) is 19.9. The van der Waals surface area contributed by atoms with E-state index < -0.39 is 0 Å². The maximum atomic E-state index is 13.7. The van der Waals surface area contributed by atoms with Crippen molar-refractivity contribution in [1.82, 2.24) is 20.0 Å². The summed E-state index contributed by atoms with van der Waals surface area (Å²) in [7, 11) is 0. The van der Waals surface area contributed by atoms with E-state index in [-0.39, 0.29) is 11.7 Å². The van der Waals surface area contributed by atoms with Crippen molar-refractivity contribution in [1.29, 1.82) is 0 Å². The Hall–Kier alpha value is -3.01. The highest BCUT2D eigenvalue weighted by Gasteiger charge is 2.13. The van der Waals surface area contributed by atoms with Crippen molar-refractivity contribution in [3.8, 4) is 0 Å². The molecule has 4 aromatic rings. The summed E-state index contributed by atoms with van der Waals surface area (Å²) in [5, 5.41) is 16.0. The smallest absolute Gasteiger partial charge is 0.250 e.